The van der Waals surface area contributed by atoms with E-state index in [2.05, 4.69) is 10.1 Å². The summed E-state index contributed by atoms with van der Waals surface area (Å²) in [6.45, 7) is 1.81. The van der Waals surface area contributed by atoms with Crippen molar-refractivity contribution in [2.75, 3.05) is 0 Å². The van der Waals surface area contributed by atoms with Gasteiger partial charge in [0.1, 0.15) is 5.82 Å². The van der Waals surface area contributed by atoms with Gasteiger partial charge in [-0.3, -0.25) is 4.79 Å². The second-order valence-electron chi connectivity index (χ2n) is 3.83. The summed E-state index contributed by atoms with van der Waals surface area (Å²) in [7, 11) is 0. The van der Waals surface area contributed by atoms with Gasteiger partial charge in [0, 0.05) is 6.42 Å². The van der Waals surface area contributed by atoms with Crippen molar-refractivity contribution in [3.05, 3.63) is 40.9 Å². The van der Waals surface area contributed by atoms with Crippen LogP contribution in [0.5, 0.6) is 0 Å². The third-order valence-corrected chi connectivity index (χ3v) is 2.78. The van der Waals surface area contributed by atoms with Crippen molar-refractivity contribution in [1.29, 1.82) is 0 Å². The number of carboxylic acids is 1. The van der Waals surface area contributed by atoms with E-state index in [1.54, 1.807) is 17.7 Å². The van der Waals surface area contributed by atoms with Gasteiger partial charge in [0.25, 0.3) is 0 Å². The number of hydrogen-bond donors (Lipinski definition) is 1. The number of aliphatic carboxylic acids is 1. The van der Waals surface area contributed by atoms with Crippen LogP contribution >= 0.6 is 11.6 Å². The maximum absolute atomic E-state index is 10.5. The lowest BCUT2D eigenvalue weighted by Gasteiger charge is -2.04. The van der Waals surface area contributed by atoms with Crippen LogP contribution in [0.4, 0.5) is 0 Å². The molecule has 94 valence electrons. The quantitative estimate of drug-likeness (QED) is 0.921. The number of aromatic nitrogens is 3. The van der Waals surface area contributed by atoms with Crippen molar-refractivity contribution in [3.8, 4) is 5.69 Å². The minimum atomic E-state index is -0.859. The van der Waals surface area contributed by atoms with Crippen molar-refractivity contribution in [2.24, 2.45) is 0 Å². The van der Waals surface area contributed by atoms with Crippen molar-refractivity contribution in [1.82, 2.24) is 14.8 Å². The zero-order chi connectivity index (χ0) is 13.1. The first-order valence-corrected chi connectivity index (χ1v) is 5.85. The first kappa shape index (κ1) is 12.6. The molecule has 2 aromatic rings. The van der Waals surface area contributed by atoms with E-state index in [9.17, 15) is 4.79 Å². The van der Waals surface area contributed by atoms with Crippen molar-refractivity contribution in [3.63, 3.8) is 0 Å². The summed E-state index contributed by atoms with van der Waals surface area (Å²) in [5.41, 5.74) is 0.741. The Morgan fingerprint density at radius 2 is 2.17 bits per heavy atom. The highest BCUT2D eigenvalue weighted by molar-refractivity contribution is 6.32. The zero-order valence-corrected chi connectivity index (χ0v) is 10.6. The molecular weight excluding hydrogens is 254 g/mol. The monoisotopic (exact) mass is 265 g/mol. The molecule has 5 nitrogen and oxygen atoms in total. The number of benzene rings is 1. The Labute approximate surface area is 109 Å². The molecule has 0 spiro atoms. The first-order chi connectivity index (χ1) is 8.58. The minimum Gasteiger partial charge on any atom is -0.481 e. The van der Waals surface area contributed by atoms with Crippen LogP contribution in [0.2, 0.25) is 5.02 Å². The summed E-state index contributed by atoms with van der Waals surface area (Å²) in [5.74, 6) is 0.333. The van der Waals surface area contributed by atoms with Gasteiger partial charge in [-0.1, -0.05) is 23.7 Å². The third kappa shape index (κ3) is 2.68. The minimum absolute atomic E-state index is 0.0198. The second-order valence-corrected chi connectivity index (χ2v) is 4.24. The lowest BCUT2D eigenvalue weighted by atomic mass is 10.3. The van der Waals surface area contributed by atoms with Crippen molar-refractivity contribution < 1.29 is 9.90 Å². The van der Waals surface area contributed by atoms with Crippen LogP contribution in [0.15, 0.2) is 24.3 Å². The summed E-state index contributed by atoms with van der Waals surface area (Å²) in [6, 6.07) is 7.31. The number of carboxylic acid groups (broad SMARTS) is 1. The Bertz CT molecular complexity index is 580. The zero-order valence-electron chi connectivity index (χ0n) is 9.80. The molecule has 0 atom stereocenters. The average Bonchev–Trinajstić information content (AvgIpc) is 2.69. The standard InChI is InChI=1S/C12H12ClN3O2/c1-8-14-11(6-7-12(17)18)15-16(8)10-5-3-2-4-9(10)13/h2-5H,6-7H2,1H3,(H,17,18). The molecule has 1 aromatic heterocycles. The molecule has 1 heterocycles. The molecule has 0 aliphatic carbocycles. The van der Waals surface area contributed by atoms with E-state index in [0.717, 1.165) is 5.69 Å². The molecule has 18 heavy (non-hydrogen) atoms. The summed E-state index contributed by atoms with van der Waals surface area (Å²) in [4.78, 5) is 14.7. The molecule has 0 unspecified atom stereocenters. The summed E-state index contributed by atoms with van der Waals surface area (Å²) in [5, 5.41) is 13.5. The fourth-order valence-electron chi connectivity index (χ4n) is 1.62. The highest BCUT2D eigenvalue weighted by Crippen LogP contribution is 2.20. The molecule has 0 aliphatic heterocycles. The summed E-state index contributed by atoms with van der Waals surface area (Å²) in [6.07, 6.45) is 0.333. The van der Waals surface area contributed by atoms with E-state index in [4.69, 9.17) is 16.7 Å². The molecule has 0 aliphatic rings. The number of rotatable bonds is 4. The number of hydrogen-bond acceptors (Lipinski definition) is 3. The Morgan fingerprint density at radius 3 is 2.83 bits per heavy atom. The smallest absolute Gasteiger partial charge is 0.303 e. The van der Waals surface area contributed by atoms with Gasteiger partial charge in [-0.05, 0) is 19.1 Å². The molecule has 0 bridgehead atoms. The number of halogens is 1. The Morgan fingerprint density at radius 1 is 1.44 bits per heavy atom. The molecule has 0 fully saturated rings. The van der Waals surface area contributed by atoms with Crippen LogP contribution in [0, 0.1) is 6.92 Å². The SMILES string of the molecule is Cc1nc(CCC(=O)O)nn1-c1ccccc1Cl. The number of aryl methyl sites for hydroxylation is 2. The molecule has 0 radical (unpaired) electrons. The number of carbonyl (C=O) groups is 1. The van der Waals surface area contributed by atoms with Crippen LogP contribution in [-0.2, 0) is 11.2 Å². The normalized spacial score (nSPS) is 10.6. The van der Waals surface area contributed by atoms with E-state index in [1.165, 1.54) is 0 Å². The Hall–Kier alpha value is -1.88. The van der Waals surface area contributed by atoms with E-state index >= 15 is 0 Å². The molecule has 0 saturated carbocycles. The summed E-state index contributed by atoms with van der Waals surface area (Å²) >= 11 is 6.08. The lowest BCUT2D eigenvalue weighted by molar-refractivity contribution is -0.137. The predicted molar refractivity (Wildman–Crippen MR) is 67.1 cm³/mol. The van der Waals surface area contributed by atoms with Gasteiger partial charge in [-0.25, -0.2) is 9.67 Å². The highest BCUT2D eigenvalue weighted by Gasteiger charge is 2.11. The van der Waals surface area contributed by atoms with Gasteiger partial charge < -0.3 is 5.11 Å². The largest absolute Gasteiger partial charge is 0.481 e. The van der Waals surface area contributed by atoms with E-state index in [0.29, 0.717) is 23.1 Å². The van der Waals surface area contributed by atoms with E-state index in [1.807, 2.05) is 18.2 Å². The highest BCUT2D eigenvalue weighted by atomic mass is 35.5. The molecule has 2 rings (SSSR count). The topological polar surface area (TPSA) is 68.0 Å². The molecule has 1 N–H and O–H groups in total. The predicted octanol–water partition coefficient (Wildman–Crippen LogP) is 2.25. The molecule has 6 heteroatoms. The number of para-hydroxylation sites is 1. The Kier molecular flexibility index (Phi) is 3.62. The van der Waals surface area contributed by atoms with Gasteiger partial charge in [0.05, 0.1) is 17.1 Å². The molecular formula is C12H12ClN3O2. The maximum atomic E-state index is 10.5. The lowest BCUT2D eigenvalue weighted by Crippen LogP contribution is -2.01. The third-order valence-electron chi connectivity index (χ3n) is 2.46. The average molecular weight is 266 g/mol. The molecule has 0 saturated heterocycles. The van der Waals surface area contributed by atoms with Crippen LogP contribution in [0.3, 0.4) is 0 Å². The second kappa shape index (κ2) is 5.18. The van der Waals surface area contributed by atoms with Crippen LogP contribution in [0.1, 0.15) is 18.1 Å². The van der Waals surface area contributed by atoms with Crippen LogP contribution < -0.4 is 0 Å². The van der Waals surface area contributed by atoms with Crippen LogP contribution in [-0.4, -0.2) is 25.8 Å². The Balaban J connectivity index is 2.30. The summed E-state index contributed by atoms with van der Waals surface area (Å²) < 4.78 is 1.62. The van der Waals surface area contributed by atoms with Crippen molar-refractivity contribution >= 4 is 17.6 Å². The maximum Gasteiger partial charge on any atom is 0.303 e. The van der Waals surface area contributed by atoms with Gasteiger partial charge >= 0.3 is 5.97 Å². The van der Waals surface area contributed by atoms with Gasteiger partial charge in [0.2, 0.25) is 0 Å². The van der Waals surface area contributed by atoms with E-state index in [-0.39, 0.29) is 6.42 Å². The van der Waals surface area contributed by atoms with Gasteiger partial charge in [0.15, 0.2) is 5.82 Å². The fourth-order valence-corrected chi connectivity index (χ4v) is 1.84. The number of nitrogens with zero attached hydrogens (tertiary/aromatic N) is 3. The molecule has 1 aromatic carbocycles. The fraction of sp³-hybridized carbons (Fsp3) is 0.250. The van der Waals surface area contributed by atoms with Gasteiger partial charge in [-0.15, -0.1) is 0 Å². The first-order valence-electron chi connectivity index (χ1n) is 5.47. The van der Waals surface area contributed by atoms with Crippen LogP contribution in [0.25, 0.3) is 5.69 Å². The molecule has 0 amide bonds. The van der Waals surface area contributed by atoms with Gasteiger partial charge in [-0.2, -0.15) is 5.10 Å². The van der Waals surface area contributed by atoms with E-state index < -0.39 is 5.97 Å². The van der Waals surface area contributed by atoms with Crippen molar-refractivity contribution in [2.45, 2.75) is 19.8 Å².